The van der Waals surface area contributed by atoms with Gasteiger partial charge in [0.05, 0.1) is 0 Å². The Morgan fingerprint density at radius 3 is 3.00 bits per heavy atom. The lowest BCUT2D eigenvalue weighted by Gasteiger charge is -2.32. The van der Waals surface area contributed by atoms with Crippen molar-refractivity contribution >= 4 is 0 Å². The molecule has 1 rings (SSSR count). The first kappa shape index (κ1) is 8.79. The molecule has 1 aliphatic rings. The van der Waals surface area contributed by atoms with Crippen molar-refractivity contribution in [1.82, 2.24) is 4.90 Å². The van der Waals surface area contributed by atoms with Crippen molar-refractivity contribution in [1.29, 1.82) is 0 Å². The molecule has 0 aromatic heterocycles. The normalized spacial score (nSPS) is 26.8. The Labute approximate surface area is 70.1 Å². The molecule has 0 bridgehead atoms. The van der Waals surface area contributed by atoms with Gasteiger partial charge in [-0.15, -0.1) is 6.58 Å². The number of piperidine rings is 1. The highest BCUT2D eigenvalue weighted by Crippen LogP contribution is 2.16. The first-order valence-corrected chi connectivity index (χ1v) is 4.69. The van der Waals surface area contributed by atoms with E-state index in [2.05, 4.69) is 18.4 Å². The minimum atomic E-state index is 0.809. The zero-order chi connectivity index (χ0) is 8.10. The first-order chi connectivity index (χ1) is 5.34. The summed E-state index contributed by atoms with van der Waals surface area (Å²) in [5, 5.41) is 0. The van der Waals surface area contributed by atoms with Crippen LogP contribution in [0.25, 0.3) is 0 Å². The van der Waals surface area contributed by atoms with Crippen molar-refractivity contribution < 1.29 is 0 Å². The molecule has 0 aromatic carbocycles. The lowest BCUT2D eigenvalue weighted by atomic mass is 10.0. The molecule has 1 heterocycles. The molecule has 0 radical (unpaired) electrons. The summed E-state index contributed by atoms with van der Waals surface area (Å²) in [6, 6.07) is 0.809. The van der Waals surface area contributed by atoms with Gasteiger partial charge in [-0.25, -0.2) is 0 Å². The molecule has 1 aliphatic heterocycles. The summed E-state index contributed by atoms with van der Waals surface area (Å²) in [6.45, 7) is 8.59. The number of hydrogen-bond donors (Lipinski definition) is 0. The summed E-state index contributed by atoms with van der Waals surface area (Å²) in [4.78, 5) is 2.57. The van der Waals surface area contributed by atoms with Crippen LogP contribution in [0.2, 0.25) is 0 Å². The summed E-state index contributed by atoms with van der Waals surface area (Å²) < 4.78 is 0. The van der Waals surface area contributed by atoms with Crippen LogP contribution in [-0.4, -0.2) is 24.0 Å². The van der Waals surface area contributed by atoms with Gasteiger partial charge in [0.25, 0.3) is 0 Å². The third kappa shape index (κ3) is 2.66. The number of nitrogens with zero attached hydrogens (tertiary/aromatic N) is 1. The predicted molar refractivity (Wildman–Crippen MR) is 49.7 cm³/mol. The Morgan fingerprint density at radius 2 is 2.36 bits per heavy atom. The van der Waals surface area contributed by atoms with Crippen LogP contribution in [0, 0.1) is 0 Å². The molecule has 64 valence electrons. The van der Waals surface area contributed by atoms with Gasteiger partial charge >= 0.3 is 0 Å². The first-order valence-electron chi connectivity index (χ1n) is 4.69. The van der Waals surface area contributed by atoms with Gasteiger partial charge in [0.15, 0.2) is 0 Å². The molecule has 0 aromatic rings. The van der Waals surface area contributed by atoms with Crippen LogP contribution in [0.15, 0.2) is 12.7 Å². The molecule has 0 amide bonds. The standard InChI is InChI=1S/C10H19N/c1-3-4-8-11-9-6-5-7-10(11)2/h3,10H,1,4-9H2,2H3. The van der Waals surface area contributed by atoms with Crippen LogP contribution in [0.4, 0.5) is 0 Å². The average molecular weight is 153 g/mol. The number of rotatable bonds is 3. The lowest BCUT2D eigenvalue weighted by molar-refractivity contribution is 0.164. The Hall–Kier alpha value is -0.300. The van der Waals surface area contributed by atoms with Gasteiger partial charge in [0.1, 0.15) is 0 Å². The van der Waals surface area contributed by atoms with Gasteiger partial charge < -0.3 is 4.90 Å². The van der Waals surface area contributed by atoms with Crippen molar-refractivity contribution in [3.63, 3.8) is 0 Å². The Balaban J connectivity index is 2.23. The van der Waals surface area contributed by atoms with Crippen molar-refractivity contribution in [2.75, 3.05) is 13.1 Å². The van der Waals surface area contributed by atoms with Gasteiger partial charge in [0, 0.05) is 12.6 Å². The molecule has 0 N–H and O–H groups in total. The van der Waals surface area contributed by atoms with Crippen LogP contribution in [0.5, 0.6) is 0 Å². The van der Waals surface area contributed by atoms with Crippen LogP contribution < -0.4 is 0 Å². The number of hydrogen-bond acceptors (Lipinski definition) is 1. The predicted octanol–water partition coefficient (Wildman–Crippen LogP) is 2.44. The monoisotopic (exact) mass is 153 g/mol. The maximum atomic E-state index is 3.74. The zero-order valence-corrected chi connectivity index (χ0v) is 7.55. The van der Waals surface area contributed by atoms with E-state index in [1.54, 1.807) is 0 Å². The topological polar surface area (TPSA) is 3.24 Å². The van der Waals surface area contributed by atoms with Crippen molar-refractivity contribution in [2.24, 2.45) is 0 Å². The summed E-state index contributed by atoms with van der Waals surface area (Å²) in [6.07, 6.45) is 7.36. The van der Waals surface area contributed by atoms with Gasteiger partial charge in [-0.05, 0) is 32.7 Å². The Bertz CT molecular complexity index is 120. The third-order valence-electron chi connectivity index (χ3n) is 2.56. The maximum Gasteiger partial charge on any atom is 0.00670 e. The molecular weight excluding hydrogens is 134 g/mol. The third-order valence-corrected chi connectivity index (χ3v) is 2.56. The van der Waals surface area contributed by atoms with E-state index in [9.17, 15) is 0 Å². The van der Waals surface area contributed by atoms with E-state index in [4.69, 9.17) is 0 Å². The van der Waals surface area contributed by atoms with E-state index < -0.39 is 0 Å². The van der Waals surface area contributed by atoms with Gasteiger partial charge in [-0.1, -0.05) is 12.5 Å². The molecule has 1 saturated heterocycles. The molecule has 1 heteroatoms. The highest BCUT2D eigenvalue weighted by molar-refractivity contribution is 4.76. The molecular formula is C10H19N. The smallest absolute Gasteiger partial charge is 0.00670 e. The van der Waals surface area contributed by atoms with Crippen molar-refractivity contribution in [2.45, 2.75) is 38.6 Å². The average Bonchev–Trinajstić information content (AvgIpc) is 2.03. The minimum absolute atomic E-state index is 0.809. The highest BCUT2D eigenvalue weighted by Gasteiger charge is 2.16. The van der Waals surface area contributed by atoms with Crippen LogP contribution >= 0.6 is 0 Å². The van der Waals surface area contributed by atoms with E-state index in [0.29, 0.717) is 0 Å². The number of likely N-dealkylation sites (tertiary alicyclic amines) is 1. The van der Waals surface area contributed by atoms with E-state index in [-0.39, 0.29) is 0 Å². The molecule has 0 aliphatic carbocycles. The molecule has 0 spiro atoms. The molecule has 11 heavy (non-hydrogen) atoms. The van der Waals surface area contributed by atoms with E-state index in [0.717, 1.165) is 12.5 Å². The summed E-state index contributed by atoms with van der Waals surface area (Å²) in [5.41, 5.74) is 0. The summed E-state index contributed by atoms with van der Waals surface area (Å²) in [5.74, 6) is 0. The second-order valence-corrected chi connectivity index (χ2v) is 3.46. The SMILES string of the molecule is C=CCCN1CCCCC1C. The molecule has 1 atom stereocenters. The second kappa shape index (κ2) is 4.55. The highest BCUT2D eigenvalue weighted by atomic mass is 15.1. The fourth-order valence-electron chi connectivity index (χ4n) is 1.75. The fraction of sp³-hybridized carbons (Fsp3) is 0.800. The minimum Gasteiger partial charge on any atom is -0.300 e. The molecule has 1 unspecified atom stereocenters. The van der Waals surface area contributed by atoms with Crippen molar-refractivity contribution in [3.05, 3.63) is 12.7 Å². The molecule has 0 saturated carbocycles. The van der Waals surface area contributed by atoms with E-state index in [1.165, 1.54) is 32.4 Å². The maximum absolute atomic E-state index is 3.74. The largest absolute Gasteiger partial charge is 0.300 e. The van der Waals surface area contributed by atoms with Gasteiger partial charge in [0.2, 0.25) is 0 Å². The second-order valence-electron chi connectivity index (χ2n) is 3.46. The van der Waals surface area contributed by atoms with Crippen LogP contribution in [0.1, 0.15) is 32.6 Å². The van der Waals surface area contributed by atoms with Gasteiger partial charge in [-0.2, -0.15) is 0 Å². The van der Waals surface area contributed by atoms with Gasteiger partial charge in [-0.3, -0.25) is 0 Å². The Morgan fingerprint density at radius 1 is 1.55 bits per heavy atom. The van der Waals surface area contributed by atoms with Crippen molar-refractivity contribution in [3.8, 4) is 0 Å². The van der Waals surface area contributed by atoms with E-state index >= 15 is 0 Å². The summed E-state index contributed by atoms with van der Waals surface area (Å²) >= 11 is 0. The Kier molecular flexibility index (Phi) is 3.64. The van der Waals surface area contributed by atoms with Crippen LogP contribution in [-0.2, 0) is 0 Å². The van der Waals surface area contributed by atoms with Crippen LogP contribution in [0.3, 0.4) is 0 Å². The quantitative estimate of drug-likeness (QED) is 0.563. The zero-order valence-electron chi connectivity index (χ0n) is 7.55. The molecule has 1 nitrogen and oxygen atoms in total. The van der Waals surface area contributed by atoms with E-state index in [1.807, 2.05) is 6.08 Å². The lowest BCUT2D eigenvalue weighted by Crippen LogP contribution is -2.37. The summed E-state index contributed by atoms with van der Waals surface area (Å²) in [7, 11) is 0. The molecule has 1 fully saturated rings. The fourth-order valence-corrected chi connectivity index (χ4v) is 1.75.